The molecule has 0 spiro atoms. The fraction of sp³-hybridized carbons (Fsp3) is 0.474. The van der Waals surface area contributed by atoms with Gasteiger partial charge in [0.05, 0.1) is 23.0 Å². The van der Waals surface area contributed by atoms with E-state index in [4.69, 9.17) is 10.5 Å². The highest BCUT2D eigenvalue weighted by Crippen LogP contribution is 2.33. The zero-order valence-corrected chi connectivity index (χ0v) is 15.5. The fourth-order valence-corrected chi connectivity index (χ4v) is 2.82. The molecule has 2 heterocycles. The van der Waals surface area contributed by atoms with E-state index in [9.17, 15) is 22.0 Å². The summed E-state index contributed by atoms with van der Waals surface area (Å²) in [6.45, 7) is 2.56. The van der Waals surface area contributed by atoms with Crippen LogP contribution in [-0.4, -0.2) is 28.8 Å². The van der Waals surface area contributed by atoms with E-state index in [1.165, 1.54) is 6.07 Å². The van der Waals surface area contributed by atoms with Gasteiger partial charge in [0.1, 0.15) is 24.7 Å². The number of aromatic nitrogens is 2. The average Bonchev–Trinajstić information content (AvgIpc) is 2.65. The van der Waals surface area contributed by atoms with Gasteiger partial charge in [0.25, 0.3) is 12.9 Å². The van der Waals surface area contributed by atoms with Gasteiger partial charge in [0, 0.05) is 11.8 Å². The number of alkyl halides is 5. The van der Waals surface area contributed by atoms with Crippen molar-refractivity contribution in [3.05, 3.63) is 41.9 Å². The van der Waals surface area contributed by atoms with Crippen LogP contribution in [0.3, 0.4) is 0 Å². The summed E-state index contributed by atoms with van der Waals surface area (Å²) in [7, 11) is 0. The molecule has 0 bridgehead atoms. The van der Waals surface area contributed by atoms with Crippen LogP contribution in [0.15, 0.2) is 30.6 Å². The summed E-state index contributed by atoms with van der Waals surface area (Å²) in [5.41, 5.74) is 3.97. The summed E-state index contributed by atoms with van der Waals surface area (Å²) in [6.07, 6.45) is -3.17. The lowest BCUT2D eigenvalue weighted by Crippen LogP contribution is -2.49. The highest BCUT2D eigenvalue weighted by molar-refractivity contribution is 5.61. The molecule has 9 heteroatoms. The Balaban J connectivity index is 2.29. The molecule has 0 radical (unpaired) electrons. The Morgan fingerprint density at radius 2 is 1.82 bits per heavy atom. The van der Waals surface area contributed by atoms with Gasteiger partial charge in [-0.1, -0.05) is 13.8 Å². The lowest BCUT2D eigenvalue weighted by atomic mass is 9.92. The molecule has 1 unspecified atom stereocenters. The number of rotatable bonds is 9. The molecule has 0 amide bonds. The van der Waals surface area contributed by atoms with Crippen LogP contribution in [-0.2, 0) is 0 Å². The SMILES string of the molecule is CC(C)CC(N)(CF)COc1cnc(-c2ccnc(C(F)F)c2)cc1C(F)F. The summed E-state index contributed by atoms with van der Waals surface area (Å²) in [4.78, 5) is 7.54. The third kappa shape index (κ3) is 5.60. The van der Waals surface area contributed by atoms with Crippen molar-refractivity contribution < 1.29 is 26.7 Å². The van der Waals surface area contributed by atoms with Crippen LogP contribution in [0.4, 0.5) is 22.0 Å². The molecule has 0 saturated carbocycles. The van der Waals surface area contributed by atoms with Crippen molar-refractivity contribution in [2.75, 3.05) is 13.3 Å². The minimum absolute atomic E-state index is 0.0682. The van der Waals surface area contributed by atoms with Crippen LogP contribution in [0.5, 0.6) is 5.75 Å². The van der Waals surface area contributed by atoms with Gasteiger partial charge in [-0.15, -0.1) is 0 Å². The van der Waals surface area contributed by atoms with Crippen molar-refractivity contribution in [3.8, 4) is 17.0 Å². The topological polar surface area (TPSA) is 61.0 Å². The van der Waals surface area contributed by atoms with Crippen molar-refractivity contribution >= 4 is 0 Å². The van der Waals surface area contributed by atoms with Gasteiger partial charge in [-0.05, 0) is 30.5 Å². The third-order valence-electron chi connectivity index (χ3n) is 4.03. The molecule has 2 aromatic rings. The minimum Gasteiger partial charge on any atom is -0.489 e. The second-order valence-corrected chi connectivity index (χ2v) is 7.06. The first-order valence-electron chi connectivity index (χ1n) is 8.65. The number of pyridine rings is 2. The number of halogens is 5. The van der Waals surface area contributed by atoms with E-state index in [1.807, 2.05) is 13.8 Å². The molecular weight excluding hydrogens is 381 g/mol. The molecule has 1 atom stereocenters. The first kappa shape index (κ1) is 22.0. The van der Waals surface area contributed by atoms with E-state index in [0.717, 1.165) is 24.5 Å². The maximum Gasteiger partial charge on any atom is 0.280 e. The lowest BCUT2D eigenvalue weighted by Gasteiger charge is -2.28. The molecule has 2 N–H and O–H groups in total. The van der Waals surface area contributed by atoms with Crippen LogP contribution in [0.25, 0.3) is 11.3 Å². The Kier molecular flexibility index (Phi) is 7.29. The fourth-order valence-electron chi connectivity index (χ4n) is 2.82. The standard InChI is InChI=1S/C19H22F5N3O/c1-11(2)7-19(25,9-20)10-28-16-8-27-14(6-13(16)17(21)22)12-3-4-26-15(5-12)18(23)24/h3-6,8,11,17-18H,7,9-10,25H2,1-2H3. The molecule has 2 rings (SSSR count). The zero-order valence-electron chi connectivity index (χ0n) is 15.5. The summed E-state index contributed by atoms with van der Waals surface area (Å²) in [6, 6.07) is 3.53. The Labute approximate surface area is 159 Å². The second kappa shape index (κ2) is 9.27. The van der Waals surface area contributed by atoms with Gasteiger partial charge in [-0.3, -0.25) is 9.97 Å². The molecule has 4 nitrogen and oxygen atoms in total. The van der Waals surface area contributed by atoms with E-state index in [-0.39, 0.29) is 29.5 Å². The van der Waals surface area contributed by atoms with Gasteiger partial charge in [-0.2, -0.15) is 0 Å². The smallest absolute Gasteiger partial charge is 0.280 e. The Morgan fingerprint density at radius 3 is 2.39 bits per heavy atom. The third-order valence-corrected chi connectivity index (χ3v) is 4.03. The largest absolute Gasteiger partial charge is 0.489 e. The van der Waals surface area contributed by atoms with Gasteiger partial charge in [-0.25, -0.2) is 22.0 Å². The molecular formula is C19H22F5N3O. The van der Waals surface area contributed by atoms with E-state index in [2.05, 4.69) is 9.97 Å². The van der Waals surface area contributed by atoms with Crippen LogP contribution >= 0.6 is 0 Å². The number of hydrogen-bond donors (Lipinski definition) is 1. The van der Waals surface area contributed by atoms with Gasteiger partial charge >= 0.3 is 0 Å². The number of ether oxygens (including phenoxy) is 1. The Bertz CT molecular complexity index is 788. The maximum atomic E-state index is 13.5. The quantitative estimate of drug-likeness (QED) is 0.591. The normalized spacial score (nSPS) is 14.0. The zero-order chi connectivity index (χ0) is 20.9. The van der Waals surface area contributed by atoms with Crippen LogP contribution in [0.2, 0.25) is 0 Å². The van der Waals surface area contributed by atoms with E-state index in [1.54, 1.807) is 0 Å². The summed E-state index contributed by atoms with van der Waals surface area (Å²) in [5, 5.41) is 0. The molecule has 0 fully saturated rings. The number of hydrogen-bond acceptors (Lipinski definition) is 4. The van der Waals surface area contributed by atoms with Crippen molar-refractivity contribution in [1.82, 2.24) is 9.97 Å². The average molecular weight is 403 g/mol. The van der Waals surface area contributed by atoms with Crippen LogP contribution in [0.1, 0.15) is 44.4 Å². The molecule has 154 valence electrons. The minimum atomic E-state index is -2.91. The number of nitrogens with zero attached hydrogens (tertiary/aromatic N) is 2. The summed E-state index contributed by atoms with van der Waals surface area (Å²) in [5.74, 6) is -0.135. The number of nitrogens with two attached hydrogens (primary N) is 1. The monoisotopic (exact) mass is 403 g/mol. The lowest BCUT2D eigenvalue weighted by molar-refractivity contribution is 0.131. The first-order valence-corrected chi connectivity index (χ1v) is 8.65. The molecule has 0 aliphatic carbocycles. The van der Waals surface area contributed by atoms with E-state index in [0.29, 0.717) is 6.42 Å². The summed E-state index contributed by atoms with van der Waals surface area (Å²) >= 11 is 0. The molecule has 0 aliphatic heterocycles. The van der Waals surface area contributed by atoms with Gasteiger partial charge in [0.15, 0.2) is 0 Å². The molecule has 0 aromatic carbocycles. The van der Waals surface area contributed by atoms with Gasteiger partial charge < -0.3 is 10.5 Å². The highest BCUT2D eigenvalue weighted by atomic mass is 19.3. The van der Waals surface area contributed by atoms with E-state index < -0.39 is 36.3 Å². The van der Waals surface area contributed by atoms with Crippen molar-refractivity contribution in [2.24, 2.45) is 11.7 Å². The molecule has 28 heavy (non-hydrogen) atoms. The molecule has 0 aliphatic rings. The molecule has 2 aromatic heterocycles. The summed E-state index contributed by atoms with van der Waals surface area (Å²) < 4.78 is 71.3. The van der Waals surface area contributed by atoms with Crippen molar-refractivity contribution in [2.45, 2.75) is 38.7 Å². The highest BCUT2D eigenvalue weighted by Gasteiger charge is 2.28. The predicted octanol–water partition coefficient (Wildman–Crippen LogP) is 5.11. The maximum absolute atomic E-state index is 13.5. The predicted molar refractivity (Wildman–Crippen MR) is 95.2 cm³/mol. The van der Waals surface area contributed by atoms with Gasteiger partial charge in [0.2, 0.25) is 0 Å². The van der Waals surface area contributed by atoms with Crippen LogP contribution in [0, 0.1) is 5.92 Å². The van der Waals surface area contributed by atoms with Crippen molar-refractivity contribution in [1.29, 1.82) is 0 Å². The van der Waals surface area contributed by atoms with Crippen molar-refractivity contribution in [3.63, 3.8) is 0 Å². The molecule has 0 saturated heterocycles. The van der Waals surface area contributed by atoms with Crippen LogP contribution < -0.4 is 10.5 Å². The second-order valence-electron chi connectivity index (χ2n) is 7.06. The van der Waals surface area contributed by atoms with E-state index >= 15 is 0 Å². The first-order chi connectivity index (χ1) is 13.1. The Hall–Kier alpha value is -2.29. The Morgan fingerprint density at radius 1 is 1.11 bits per heavy atom.